The molecule has 0 aliphatic rings. The Labute approximate surface area is 106 Å². The van der Waals surface area contributed by atoms with Crippen LogP contribution in [0.1, 0.15) is 20.8 Å². The van der Waals surface area contributed by atoms with Crippen LogP contribution in [-0.4, -0.2) is 20.6 Å². The molecule has 0 saturated heterocycles. The summed E-state index contributed by atoms with van der Waals surface area (Å²) < 4.78 is 1.26. The molecule has 2 N–H and O–H groups in total. The van der Waals surface area contributed by atoms with Crippen LogP contribution in [0.3, 0.4) is 0 Å². The Kier molecular flexibility index (Phi) is 4.46. The van der Waals surface area contributed by atoms with E-state index in [2.05, 4.69) is 20.8 Å². The van der Waals surface area contributed by atoms with E-state index in [-0.39, 0.29) is 24.6 Å². The third kappa shape index (κ3) is 4.30. The van der Waals surface area contributed by atoms with Gasteiger partial charge in [-0.3, -0.25) is 0 Å². The number of alkyl halides is 1. The first-order valence-electron chi connectivity index (χ1n) is 4.61. The number of hydrogen-bond donors (Lipinski definition) is 2. The summed E-state index contributed by atoms with van der Waals surface area (Å²) in [6, 6.07) is 5.33. The summed E-state index contributed by atoms with van der Waals surface area (Å²) in [6.45, 7) is 6.47. The van der Waals surface area contributed by atoms with E-state index in [1.807, 2.05) is 6.07 Å². The fourth-order valence-corrected chi connectivity index (χ4v) is 4.13. The molecule has 0 aliphatic heterocycles. The molecule has 0 radical (unpaired) electrons. The van der Waals surface area contributed by atoms with Crippen molar-refractivity contribution in [3.63, 3.8) is 0 Å². The predicted molar refractivity (Wildman–Crippen MR) is 59.7 cm³/mol. The maximum absolute atomic E-state index is 9.24. The zero-order valence-corrected chi connectivity index (χ0v) is 11.9. The van der Waals surface area contributed by atoms with Crippen molar-refractivity contribution < 1.29 is 31.3 Å². The molecule has 5 heteroatoms. The second kappa shape index (κ2) is 5.04. The predicted octanol–water partition coefficient (Wildman–Crippen LogP) is -1.92. The van der Waals surface area contributed by atoms with Crippen molar-refractivity contribution >= 4 is 24.2 Å². The number of halogens is 2. The topological polar surface area (TPSA) is 40.5 Å². The van der Waals surface area contributed by atoms with Crippen molar-refractivity contribution in [1.82, 2.24) is 0 Å². The molecular formula is C10H14BClIO2-. The van der Waals surface area contributed by atoms with Crippen molar-refractivity contribution in [3.8, 4) is 0 Å². The maximum atomic E-state index is 9.24. The number of benzene rings is 1. The quantitative estimate of drug-likeness (QED) is 0.375. The monoisotopic (exact) mass is 339 g/mol. The van der Waals surface area contributed by atoms with E-state index in [1.165, 1.54) is 0 Å². The third-order valence-corrected chi connectivity index (χ3v) is 5.04. The summed E-state index contributed by atoms with van der Waals surface area (Å²) in [7, 11) is -1.43. The molecule has 2 nitrogen and oxygen atoms in total. The molecule has 0 bridgehead atoms. The van der Waals surface area contributed by atoms with Gasteiger partial charge in [-0.25, -0.2) is 0 Å². The SMILES string of the molecule is CC(C)(C)[I-]c1ccc(Cl)cc1B(O)O. The van der Waals surface area contributed by atoms with Crippen molar-refractivity contribution in [2.45, 2.75) is 24.2 Å². The molecule has 0 fully saturated rings. The second-order valence-corrected chi connectivity index (χ2v) is 9.58. The van der Waals surface area contributed by atoms with Gasteiger partial charge >= 0.3 is 106 Å². The van der Waals surface area contributed by atoms with Crippen molar-refractivity contribution in [3.05, 3.63) is 26.8 Å². The van der Waals surface area contributed by atoms with Crippen LogP contribution in [0.25, 0.3) is 0 Å². The van der Waals surface area contributed by atoms with E-state index in [4.69, 9.17) is 11.6 Å². The molecule has 0 aliphatic carbocycles. The van der Waals surface area contributed by atoms with Gasteiger partial charge in [0.25, 0.3) is 0 Å². The average molecular weight is 339 g/mol. The van der Waals surface area contributed by atoms with Crippen LogP contribution in [0.15, 0.2) is 18.2 Å². The summed E-state index contributed by atoms with van der Waals surface area (Å²) in [5.41, 5.74) is 0.547. The van der Waals surface area contributed by atoms with Crippen LogP contribution in [0.2, 0.25) is 5.02 Å². The molecule has 0 heterocycles. The van der Waals surface area contributed by atoms with Crippen LogP contribution in [0.4, 0.5) is 0 Å². The summed E-state index contributed by atoms with van der Waals surface area (Å²) in [5.74, 6) is 0. The Hall–Kier alpha value is 0.225. The normalized spacial score (nSPS) is 11.9. The van der Waals surface area contributed by atoms with Crippen molar-refractivity contribution in [2.75, 3.05) is 0 Å². The molecule has 0 unspecified atom stereocenters. The van der Waals surface area contributed by atoms with Gasteiger partial charge in [0.2, 0.25) is 0 Å². The van der Waals surface area contributed by atoms with E-state index in [9.17, 15) is 10.0 Å². The van der Waals surface area contributed by atoms with E-state index in [1.54, 1.807) is 12.1 Å². The number of hydrogen-bond acceptors (Lipinski definition) is 2. The molecule has 0 atom stereocenters. The van der Waals surface area contributed by atoms with Crippen molar-refractivity contribution in [2.24, 2.45) is 0 Å². The first kappa shape index (κ1) is 13.3. The minimum absolute atomic E-state index is 0.219. The molecule has 1 rings (SSSR count). The van der Waals surface area contributed by atoms with Crippen LogP contribution < -0.4 is 26.7 Å². The molecule has 1 aromatic carbocycles. The van der Waals surface area contributed by atoms with E-state index in [0.29, 0.717) is 10.5 Å². The Balaban J connectivity index is 3.06. The summed E-state index contributed by atoms with van der Waals surface area (Å²) in [5, 5.41) is 19.0. The van der Waals surface area contributed by atoms with Crippen LogP contribution >= 0.6 is 11.6 Å². The van der Waals surface area contributed by atoms with Gasteiger partial charge in [-0.2, -0.15) is 0 Å². The van der Waals surface area contributed by atoms with Gasteiger partial charge in [0.15, 0.2) is 0 Å². The van der Waals surface area contributed by atoms with Gasteiger partial charge in [-0.15, -0.1) is 0 Å². The van der Waals surface area contributed by atoms with Gasteiger partial charge in [0.05, 0.1) is 0 Å². The second-order valence-electron chi connectivity index (χ2n) is 4.20. The first-order valence-corrected chi connectivity index (χ1v) is 7.15. The standard InChI is InChI=1S/C10H14BClIO2/c1-10(2,3)13-9-5-4-7(12)6-8(9)11(14)15/h4-6,14-15H,1-3H3/q-1. The average Bonchev–Trinajstić information content (AvgIpc) is 2.05. The van der Waals surface area contributed by atoms with E-state index in [0.717, 1.165) is 3.57 Å². The zero-order valence-electron chi connectivity index (χ0n) is 8.96. The number of rotatable bonds is 2. The molecule has 0 amide bonds. The van der Waals surface area contributed by atoms with E-state index < -0.39 is 7.12 Å². The van der Waals surface area contributed by atoms with Crippen LogP contribution in [0, 0.1) is 3.57 Å². The molecule has 1 aromatic rings. The molecule has 15 heavy (non-hydrogen) atoms. The molecule has 0 aromatic heterocycles. The molecular weight excluding hydrogens is 325 g/mol. The Morgan fingerprint density at radius 1 is 1.27 bits per heavy atom. The van der Waals surface area contributed by atoms with Gasteiger partial charge in [0, 0.05) is 0 Å². The minimum atomic E-state index is -1.43. The Bertz CT molecular complexity index is 350. The summed E-state index contributed by atoms with van der Waals surface area (Å²) in [6.07, 6.45) is 0. The summed E-state index contributed by atoms with van der Waals surface area (Å²) >= 11 is 5.56. The Morgan fingerprint density at radius 3 is 2.33 bits per heavy atom. The van der Waals surface area contributed by atoms with Gasteiger partial charge < -0.3 is 0 Å². The molecule has 0 saturated carbocycles. The van der Waals surface area contributed by atoms with Crippen molar-refractivity contribution in [1.29, 1.82) is 0 Å². The first-order chi connectivity index (χ1) is 6.79. The fraction of sp³-hybridized carbons (Fsp3) is 0.400. The van der Waals surface area contributed by atoms with Crippen LogP contribution in [0.5, 0.6) is 0 Å². The molecule has 0 spiro atoms. The Morgan fingerprint density at radius 2 is 1.87 bits per heavy atom. The van der Waals surface area contributed by atoms with Gasteiger partial charge in [0.1, 0.15) is 0 Å². The molecule has 84 valence electrons. The zero-order chi connectivity index (χ0) is 11.6. The van der Waals surface area contributed by atoms with Gasteiger partial charge in [-0.1, -0.05) is 0 Å². The van der Waals surface area contributed by atoms with Crippen LogP contribution in [-0.2, 0) is 0 Å². The van der Waals surface area contributed by atoms with E-state index >= 15 is 0 Å². The summed E-state index contributed by atoms with van der Waals surface area (Å²) in [4.78, 5) is 0. The third-order valence-electron chi connectivity index (χ3n) is 1.62. The fourth-order valence-electron chi connectivity index (χ4n) is 1.10. The van der Waals surface area contributed by atoms with Gasteiger partial charge in [-0.05, 0) is 0 Å².